The molecule has 1 heteroatoms. The summed E-state index contributed by atoms with van der Waals surface area (Å²) in [4.78, 5) is 0. The zero-order chi connectivity index (χ0) is 16.3. The minimum Gasteiger partial charge on any atom is -0.377 e. The van der Waals surface area contributed by atoms with E-state index in [1.54, 1.807) is 0 Å². The number of rotatable bonds is 10. The predicted molar refractivity (Wildman–Crippen MR) is 99.8 cm³/mol. The van der Waals surface area contributed by atoms with Crippen molar-refractivity contribution in [3.63, 3.8) is 0 Å². The quantitative estimate of drug-likeness (QED) is 0.348. The maximum Gasteiger partial charge on any atom is 0.0716 e. The summed E-state index contributed by atoms with van der Waals surface area (Å²) in [5.74, 6) is 1.73. The maximum atomic E-state index is 5.70. The number of hydrogen-bond acceptors (Lipinski definition) is 1. The molecule has 2 rings (SSSR count). The van der Waals surface area contributed by atoms with Crippen LogP contribution < -0.4 is 0 Å². The van der Waals surface area contributed by atoms with Gasteiger partial charge >= 0.3 is 0 Å². The summed E-state index contributed by atoms with van der Waals surface area (Å²) in [7, 11) is 0. The Morgan fingerprint density at radius 3 is 2.48 bits per heavy atom. The summed E-state index contributed by atoms with van der Waals surface area (Å²) in [6.45, 7) is 7.66. The molecular weight excluding hydrogens is 280 g/mol. The van der Waals surface area contributed by atoms with Crippen molar-refractivity contribution in [1.82, 2.24) is 0 Å². The van der Waals surface area contributed by atoms with Gasteiger partial charge in [-0.3, -0.25) is 0 Å². The van der Waals surface area contributed by atoms with Crippen molar-refractivity contribution in [2.24, 2.45) is 5.92 Å². The van der Waals surface area contributed by atoms with E-state index in [1.165, 1.54) is 62.5 Å². The van der Waals surface area contributed by atoms with Crippen molar-refractivity contribution in [2.75, 3.05) is 6.61 Å². The Labute approximate surface area is 143 Å². The zero-order valence-corrected chi connectivity index (χ0v) is 14.9. The van der Waals surface area contributed by atoms with Gasteiger partial charge in [-0.25, -0.2) is 0 Å². The lowest BCUT2D eigenvalue weighted by Gasteiger charge is -2.29. The summed E-state index contributed by atoms with van der Waals surface area (Å²) in [5.41, 5.74) is 2.84. The van der Waals surface area contributed by atoms with E-state index in [2.05, 4.69) is 43.8 Å². The molecule has 0 heterocycles. The monoisotopic (exact) mass is 314 g/mol. The van der Waals surface area contributed by atoms with Gasteiger partial charge in [0.05, 0.1) is 6.61 Å². The van der Waals surface area contributed by atoms with Gasteiger partial charge in [-0.05, 0) is 67.9 Å². The Morgan fingerprint density at radius 1 is 1.09 bits per heavy atom. The molecule has 1 aliphatic rings. The minimum absolute atomic E-state index is 0.760. The molecule has 1 saturated carbocycles. The zero-order valence-electron chi connectivity index (χ0n) is 14.9. The van der Waals surface area contributed by atoms with Crippen LogP contribution in [-0.2, 0) is 11.3 Å². The highest BCUT2D eigenvalue weighted by molar-refractivity contribution is 5.25. The number of benzene rings is 1. The van der Waals surface area contributed by atoms with Crippen molar-refractivity contribution >= 4 is 0 Å². The molecule has 0 atom stereocenters. The van der Waals surface area contributed by atoms with Crippen LogP contribution in [0.5, 0.6) is 0 Å². The third kappa shape index (κ3) is 6.51. The van der Waals surface area contributed by atoms with E-state index < -0.39 is 0 Å². The van der Waals surface area contributed by atoms with Crippen LogP contribution in [0.3, 0.4) is 0 Å². The second kappa shape index (κ2) is 10.6. The van der Waals surface area contributed by atoms with E-state index >= 15 is 0 Å². The number of ether oxygens (including phenoxy) is 1. The molecule has 1 aromatic carbocycles. The van der Waals surface area contributed by atoms with E-state index in [4.69, 9.17) is 4.74 Å². The lowest BCUT2D eigenvalue weighted by atomic mass is 9.77. The molecular formula is C22H34O. The first-order valence-corrected chi connectivity index (χ1v) is 9.61. The van der Waals surface area contributed by atoms with Crippen LogP contribution in [0.4, 0.5) is 0 Å². The highest BCUT2D eigenvalue weighted by atomic mass is 16.5. The average Bonchev–Trinajstić information content (AvgIpc) is 2.60. The third-order valence-electron chi connectivity index (χ3n) is 5.23. The largest absolute Gasteiger partial charge is 0.377 e. The molecule has 1 nitrogen and oxygen atoms in total. The molecule has 1 fully saturated rings. The standard InChI is InChI=1S/C22H34O/c1-3-5-7-8-19-9-13-21(14-10-19)22-15-11-20(12-16-22)18-23-17-6-4-2/h3,11-12,15-16,19,21H,1,4-10,13-14,17-18H2,2H3/t19-,21-. The Hall–Kier alpha value is -1.08. The molecule has 0 spiro atoms. The van der Waals surface area contributed by atoms with Gasteiger partial charge in [0.15, 0.2) is 0 Å². The van der Waals surface area contributed by atoms with Crippen LogP contribution in [0.25, 0.3) is 0 Å². The molecule has 1 aromatic rings. The Bertz CT molecular complexity index is 426. The summed E-state index contributed by atoms with van der Waals surface area (Å²) < 4.78 is 5.70. The van der Waals surface area contributed by atoms with E-state index in [0.717, 1.165) is 31.5 Å². The molecule has 1 aliphatic carbocycles. The third-order valence-corrected chi connectivity index (χ3v) is 5.23. The maximum absolute atomic E-state index is 5.70. The molecule has 0 aromatic heterocycles. The molecule has 0 aliphatic heterocycles. The van der Waals surface area contributed by atoms with E-state index in [1.807, 2.05) is 0 Å². The smallest absolute Gasteiger partial charge is 0.0716 e. The van der Waals surface area contributed by atoms with Gasteiger partial charge in [0.2, 0.25) is 0 Å². The van der Waals surface area contributed by atoms with Gasteiger partial charge in [-0.1, -0.05) is 50.1 Å². The molecule has 0 saturated heterocycles. The van der Waals surface area contributed by atoms with Crippen molar-refractivity contribution in [2.45, 2.75) is 77.2 Å². The molecule has 0 N–H and O–H groups in total. The normalized spacial score (nSPS) is 21.3. The predicted octanol–water partition coefficient (Wildman–Crippen LogP) is 6.63. The van der Waals surface area contributed by atoms with Crippen LogP contribution in [0, 0.1) is 5.92 Å². The number of hydrogen-bond donors (Lipinski definition) is 0. The summed E-state index contributed by atoms with van der Waals surface area (Å²) in [6, 6.07) is 9.19. The molecule has 128 valence electrons. The van der Waals surface area contributed by atoms with Gasteiger partial charge in [0.25, 0.3) is 0 Å². The van der Waals surface area contributed by atoms with Crippen LogP contribution in [0.15, 0.2) is 36.9 Å². The number of allylic oxidation sites excluding steroid dienone is 1. The highest BCUT2D eigenvalue weighted by Crippen LogP contribution is 2.37. The molecule has 0 unspecified atom stereocenters. The average molecular weight is 315 g/mol. The van der Waals surface area contributed by atoms with E-state index in [0.29, 0.717) is 0 Å². The van der Waals surface area contributed by atoms with Crippen molar-refractivity contribution in [3.8, 4) is 0 Å². The Kier molecular flexibility index (Phi) is 8.46. The Balaban J connectivity index is 1.72. The number of unbranched alkanes of at least 4 members (excludes halogenated alkanes) is 2. The molecule has 23 heavy (non-hydrogen) atoms. The van der Waals surface area contributed by atoms with Crippen molar-refractivity contribution in [1.29, 1.82) is 0 Å². The first kappa shape index (κ1) is 18.3. The van der Waals surface area contributed by atoms with Gasteiger partial charge in [-0.15, -0.1) is 6.58 Å². The summed E-state index contributed by atoms with van der Waals surface area (Å²) in [5, 5.41) is 0. The second-order valence-corrected chi connectivity index (χ2v) is 7.08. The fourth-order valence-corrected chi connectivity index (χ4v) is 3.66. The van der Waals surface area contributed by atoms with Crippen LogP contribution in [0.2, 0.25) is 0 Å². The second-order valence-electron chi connectivity index (χ2n) is 7.08. The summed E-state index contributed by atoms with van der Waals surface area (Å²) >= 11 is 0. The van der Waals surface area contributed by atoms with Crippen LogP contribution >= 0.6 is 0 Å². The molecule has 0 amide bonds. The molecule has 0 bridgehead atoms. The van der Waals surface area contributed by atoms with E-state index in [-0.39, 0.29) is 0 Å². The Morgan fingerprint density at radius 2 is 1.83 bits per heavy atom. The van der Waals surface area contributed by atoms with Gasteiger partial charge in [0.1, 0.15) is 0 Å². The van der Waals surface area contributed by atoms with Crippen molar-refractivity contribution < 1.29 is 4.74 Å². The van der Waals surface area contributed by atoms with E-state index in [9.17, 15) is 0 Å². The fraction of sp³-hybridized carbons (Fsp3) is 0.636. The van der Waals surface area contributed by atoms with Crippen LogP contribution in [0.1, 0.15) is 81.8 Å². The lowest BCUT2D eigenvalue weighted by molar-refractivity contribution is 0.118. The van der Waals surface area contributed by atoms with Crippen molar-refractivity contribution in [3.05, 3.63) is 48.0 Å². The van der Waals surface area contributed by atoms with Gasteiger partial charge in [-0.2, -0.15) is 0 Å². The summed E-state index contributed by atoms with van der Waals surface area (Å²) in [6.07, 6.45) is 13.9. The van der Waals surface area contributed by atoms with Gasteiger partial charge in [0, 0.05) is 6.61 Å². The first-order valence-electron chi connectivity index (χ1n) is 9.61. The first-order chi connectivity index (χ1) is 11.3. The van der Waals surface area contributed by atoms with Crippen LogP contribution in [-0.4, -0.2) is 6.61 Å². The molecule has 0 radical (unpaired) electrons. The topological polar surface area (TPSA) is 9.23 Å². The minimum atomic E-state index is 0.760. The SMILES string of the molecule is C=CCCC[C@H]1CC[C@H](c2ccc(COCCCC)cc2)CC1. The highest BCUT2D eigenvalue weighted by Gasteiger charge is 2.21. The lowest BCUT2D eigenvalue weighted by Crippen LogP contribution is -2.13. The fourth-order valence-electron chi connectivity index (χ4n) is 3.66. The van der Waals surface area contributed by atoms with Gasteiger partial charge < -0.3 is 4.74 Å².